The van der Waals surface area contributed by atoms with E-state index in [1.54, 1.807) is 7.05 Å². The Hall–Kier alpha value is -2.91. The van der Waals surface area contributed by atoms with Crippen LogP contribution in [0, 0.1) is 0 Å². The second-order valence-corrected chi connectivity index (χ2v) is 6.25. The van der Waals surface area contributed by atoms with Gasteiger partial charge >= 0.3 is 0 Å². The topological polar surface area (TPSA) is 29.5 Å². The largest absolute Gasteiger partial charge is 0.275 e. The lowest BCUT2D eigenvalue weighted by molar-refractivity contribution is -0.169. The third-order valence-corrected chi connectivity index (χ3v) is 4.84. The van der Waals surface area contributed by atoms with E-state index in [9.17, 15) is 4.79 Å². The lowest BCUT2D eigenvalue weighted by atomic mass is 9.67. The van der Waals surface area contributed by atoms with Crippen molar-refractivity contribution in [2.75, 3.05) is 14.2 Å². The highest BCUT2D eigenvalue weighted by Gasteiger charge is 2.39. The van der Waals surface area contributed by atoms with Crippen LogP contribution in [0.4, 0.5) is 0 Å². The van der Waals surface area contributed by atoms with E-state index in [0.29, 0.717) is 0 Å². The summed E-state index contributed by atoms with van der Waals surface area (Å²) in [5, 5.41) is 1.30. The Morgan fingerprint density at radius 2 is 1.12 bits per heavy atom. The SMILES string of the molecule is CON(C)C(=O)CC(c1ccccc1)(c1ccccc1)c1ccccc1. The molecule has 3 heteroatoms. The Labute approximate surface area is 154 Å². The van der Waals surface area contributed by atoms with Crippen LogP contribution in [0.5, 0.6) is 0 Å². The summed E-state index contributed by atoms with van der Waals surface area (Å²) < 4.78 is 0. The summed E-state index contributed by atoms with van der Waals surface area (Å²) in [6.45, 7) is 0. The van der Waals surface area contributed by atoms with Gasteiger partial charge in [0.05, 0.1) is 12.5 Å². The maximum atomic E-state index is 12.9. The second-order valence-electron chi connectivity index (χ2n) is 6.25. The number of benzene rings is 3. The van der Waals surface area contributed by atoms with Crippen LogP contribution in [-0.2, 0) is 15.0 Å². The van der Waals surface area contributed by atoms with Crippen LogP contribution in [0.3, 0.4) is 0 Å². The van der Waals surface area contributed by atoms with Gasteiger partial charge in [0, 0.05) is 13.5 Å². The van der Waals surface area contributed by atoms with Gasteiger partial charge in [0.15, 0.2) is 0 Å². The van der Waals surface area contributed by atoms with Gasteiger partial charge in [0.1, 0.15) is 0 Å². The molecule has 26 heavy (non-hydrogen) atoms. The van der Waals surface area contributed by atoms with Crippen LogP contribution in [0.1, 0.15) is 23.1 Å². The van der Waals surface area contributed by atoms with Gasteiger partial charge in [-0.1, -0.05) is 91.0 Å². The molecular weight excluding hydrogens is 322 g/mol. The molecule has 3 aromatic rings. The number of rotatable bonds is 6. The zero-order valence-electron chi connectivity index (χ0n) is 15.1. The molecule has 0 bridgehead atoms. The van der Waals surface area contributed by atoms with Gasteiger partial charge in [-0.3, -0.25) is 9.63 Å². The van der Waals surface area contributed by atoms with Gasteiger partial charge in [-0.25, -0.2) is 5.06 Å². The maximum absolute atomic E-state index is 12.9. The van der Waals surface area contributed by atoms with E-state index in [1.165, 1.54) is 12.2 Å². The Bertz CT molecular complexity index is 735. The molecule has 0 atom stereocenters. The highest BCUT2D eigenvalue weighted by molar-refractivity contribution is 5.79. The third kappa shape index (κ3) is 3.39. The van der Waals surface area contributed by atoms with E-state index in [0.717, 1.165) is 16.7 Å². The summed E-state index contributed by atoms with van der Waals surface area (Å²) in [5.74, 6) is -0.0796. The molecule has 0 heterocycles. The van der Waals surface area contributed by atoms with E-state index in [4.69, 9.17) is 4.84 Å². The lowest BCUT2D eigenvalue weighted by Crippen LogP contribution is -2.37. The van der Waals surface area contributed by atoms with E-state index in [-0.39, 0.29) is 12.3 Å². The molecule has 132 valence electrons. The van der Waals surface area contributed by atoms with Crippen LogP contribution < -0.4 is 0 Å². The monoisotopic (exact) mass is 345 g/mol. The molecule has 1 amide bonds. The standard InChI is InChI=1S/C23H23NO2/c1-24(26-2)22(25)18-23(19-12-6-3-7-13-19,20-14-8-4-9-15-20)21-16-10-5-11-17-21/h3-17H,18H2,1-2H3. The molecule has 0 saturated heterocycles. The number of nitrogens with zero attached hydrogens (tertiary/aromatic N) is 1. The zero-order chi connectivity index (χ0) is 18.4. The molecule has 0 spiro atoms. The summed E-state index contributed by atoms with van der Waals surface area (Å²) >= 11 is 0. The van der Waals surface area contributed by atoms with Crippen LogP contribution in [0.2, 0.25) is 0 Å². The first kappa shape index (κ1) is 17.9. The molecule has 0 aliphatic heterocycles. The van der Waals surface area contributed by atoms with Crippen LogP contribution in [0.15, 0.2) is 91.0 Å². The fourth-order valence-corrected chi connectivity index (χ4v) is 3.41. The molecule has 0 aromatic heterocycles. The molecular formula is C23H23NO2. The average molecular weight is 345 g/mol. The van der Waals surface area contributed by atoms with Crippen LogP contribution >= 0.6 is 0 Å². The van der Waals surface area contributed by atoms with E-state index in [1.807, 2.05) is 54.6 Å². The number of hydrogen-bond donors (Lipinski definition) is 0. The highest BCUT2D eigenvalue weighted by atomic mass is 16.7. The normalized spacial score (nSPS) is 11.2. The first-order chi connectivity index (χ1) is 12.7. The number of amides is 1. The Morgan fingerprint density at radius 1 is 0.769 bits per heavy atom. The minimum absolute atomic E-state index is 0.0796. The molecule has 0 N–H and O–H groups in total. The molecule has 3 rings (SSSR count). The van der Waals surface area contributed by atoms with Crippen molar-refractivity contribution in [1.82, 2.24) is 5.06 Å². The summed E-state index contributed by atoms with van der Waals surface area (Å²) in [4.78, 5) is 18.1. The van der Waals surface area contributed by atoms with Gasteiger partial charge < -0.3 is 0 Å². The van der Waals surface area contributed by atoms with Crippen LogP contribution in [-0.4, -0.2) is 25.1 Å². The number of hydrogen-bond acceptors (Lipinski definition) is 2. The van der Waals surface area contributed by atoms with Gasteiger partial charge in [0.25, 0.3) is 0 Å². The number of carbonyl (C=O) groups excluding carboxylic acids is 1. The van der Waals surface area contributed by atoms with Gasteiger partial charge in [-0.2, -0.15) is 0 Å². The first-order valence-electron chi connectivity index (χ1n) is 8.65. The molecule has 0 aliphatic carbocycles. The Kier molecular flexibility index (Phi) is 5.49. The molecule has 0 unspecified atom stereocenters. The fraction of sp³-hybridized carbons (Fsp3) is 0.174. The van der Waals surface area contributed by atoms with E-state index < -0.39 is 5.41 Å². The van der Waals surface area contributed by atoms with E-state index in [2.05, 4.69) is 36.4 Å². The zero-order valence-corrected chi connectivity index (χ0v) is 15.1. The second kappa shape index (κ2) is 7.98. The van der Waals surface area contributed by atoms with E-state index >= 15 is 0 Å². The summed E-state index contributed by atoms with van der Waals surface area (Å²) in [6, 6.07) is 30.6. The summed E-state index contributed by atoms with van der Waals surface area (Å²) in [5.41, 5.74) is 2.65. The Balaban J connectivity index is 2.26. The quantitative estimate of drug-likeness (QED) is 0.488. The van der Waals surface area contributed by atoms with Crippen molar-refractivity contribution in [2.24, 2.45) is 0 Å². The Morgan fingerprint density at radius 3 is 1.42 bits per heavy atom. The number of carbonyl (C=O) groups is 1. The summed E-state index contributed by atoms with van der Waals surface area (Å²) in [6.07, 6.45) is 0.273. The smallest absolute Gasteiger partial charge is 0.247 e. The van der Waals surface area contributed by atoms with Gasteiger partial charge in [-0.15, -0.1) is 0 Å². The molecule has 3 aromatic carbocycles. The summed E-state index contributed by atoms with van der Waals surface area (Å²) in [7, 11) is 3.15. The highest BCUT2D eigenvalue weighted by Crippen LogP contribution is 2.42. The van der Waals surface area contributed by atoms with Crippen molar-refractivity contribution in [3.05, 3.63) is 108 Å². The predicted molar refractivity (Wildman–Crippen MR) is 104 cm³/mol. The van der Waals surface area contributed by atoms with Crippen LogP contribution in [0.25, 0.3) is 0 Å². The minimum Gasteiger partial charge on any atom is -0.275 e. The predicted octanol–water partition coefficient (Wildman–Crippen LogP) is 4.43. The van der Waals surface area contributed by atoms with Crippen molar-refractivity contribution in [3.63, 3.8) is 0 Å². The average Bonchev–Trinajstić information content (AvgIpc) is 2.73. The van der Waals surface area contributed by atoms with Gasteiger partial charge in [0.2, 0.25) is 5.91 Å². The maximum Gasteiger partial charge on any atom is 0.247 e. The first-order valence-corrected chi connectivity index (χ1v) is 8.65. The molecule has 0 radical (unpaired) electrons. The van der Waals surface area contributed by atoms with Crippen molar-refractivity contribution in [1.29, 1.82) is 0 Å². The van der Waals surface area contributed by atoms with Gasteiger partial charge in [-0.05, 0) is 16.7 Å². The number of hydroxylamine groups is 2. The minimum atomic E-state index is -0.590. The molecule has 0 aliphatic rings. The van der Waals surface area contributed by atoms with Crippen molar-refractivity contribution < 1.29 is 9.63 Å². The lowest BCUT2D eigenvalue weighted by Gasteiger charge is -2.36. The molecule has 0 saturated carbocycles. The van der Waals surface area contributed by atoms with Crippen molar-refractivity contribution in [2.45, 2.75) is 11.8 Å². The van der Waals surface area contributed by atoms with Crippen molar-refractivity contribution in [3.8, 4) is 0 Å². The third-order valence-electron chi connectivity index (χ3n) is 4.84. The molecule has 3 nitrogen and oxygen atoms in total. The van der Waals surface area contributed by atoms with Crippen molar-refractivity contribution >= 4 is 5.91 Å². The molecule has 0 fully saturated rings. The fourth-order valence-electron chi connectivity index (χ4n) is 3.41.